The van der Waals surface area contributed by atoms with Gasteiger partial charge in [-0.3, -0.25) is 4.79 Å². The fraction of sp³-hybridized carbons (Fsp3) is 0.500. The highest BCUT2D eigenvalue weighted by Gasteiger charge is 2.38. The molecule has 7 heteroatoms. The molecule has 1 N–H and O–H groups in total. The summed E-state index contributed by atoms with van der Waals surface area (Å²) in [5, 5.41) is 10.1. The predicted octanol–water partition coefficient (Wildman–Crippen LogP) is 0.812. The maximum atomic E-state index is 13.7. The number of benzene rings is 1. The summed E-state index contributed by atoms with van der Waals surface area (Å²) >= 11 is 0. The van der Waals surface area contributed by atoms with E-state index in [0.717, 1.165) is 17.0 Å². The summed E-state index contributed by atoms with van der Waals surface area (Å²) < 4.78 is 37.6. The zero-order chi connectivity index (χ0) is 15.6. The van der Waals surface area contributed by atoms with Crippen molar-refractivity contribution >= 4 is 5.91 Å². The van der Waals surface area contributed by atoms with Crippen molar-refractivity contribution in [2.45, 2.75) is 18.2 Å². The summed E-state index contributed by atoms with van der Waals surface area (Å²) in [4.78, 5) is 13.3. The average molecular weight is 301 g/mol. The van der Waals surface area contributed by atoms with Crippen LogP contribution in [-0.4, -0.2) is 61.5 Å². The summed E-state index contributed by atoms with van der Waals surface area (Å²) in [5.74, 6) is -2.74. The molecule has 1 aromatic carbocycles. The number of hydrogen-bond donors (Lipinski definition) is 1. The van der Waals surface area contributed by atoms with Crippen LogP contribution in [0.2, 0.25) is 0 Å². The Labute approximate surface area is 121 Å². The molecule has 0 aromatic heterocycles. The molecule has 1 heterocycles. The van der Waals surface area contributed by atoms with Crippen molar-refractivity contribution in [1.29, 1.82) is 0 Å². The maximum absolute atomic E-state index is 13.7. The van der Waals surface area contributed by atoms with E-state index in [2.05, 4.69) is 0 Å². The fourth-order valence-corrected chi connectivity index (χ4v) is 2.33. The Kier molecular flexibility index (Phi) is 4.87. The second-order valence-corrected chi connectivity index (χ2v) is 4.88. The molecule has 0 unspecified atom stereocenters. The van der Waals surface area contributed by atoms with E-state index in [4.69, 9.17) is 9.47 Å². The van der Waals surface area contributed by atoms with Crippen LogP contribution in [0.5, 0.6) is 0 Å². The molecule has 1 aliphatic rings. The van der Waals surface area contributed by atoms with Gasteiger partial charge in [-0.15, -0.1) is 0 Å². The quantitative estimate of drug-likeness (QED) is 0.897. The Morgan fingerprint density at radius 3 is 2.57 bits per heavy atom. The molecule has 2 rings (SSSR count). The Balaban J connectivity index is 2.23. The Bertz CT molecular complexity index is 505. The van der Waals surface area contributed by atoms with Crippen LogP contribution in [0.15, 0.2) is 18.2 Å². The van der Waals surface area contributed by atoms with Gasteiger partial charge in [0, 0.05) is 14.2 Å². The first-order valence-corrected chi connectivity index (χ1v) is 6.47. The predicted molar refractivity (Wildman–Crippen MR) is 69.9 cm³/mol. The van der Waals surface area contributed by atoms with E-state index >= 15 is 0 Å². The van der Waals surface area contributed by atoms with Crippen LogP contribution >= 0.6 is 0 Å². The van der Waals surface area contributed by atoms with Crippen molar-refractivity contribution in [3.8, 4) is 0 Å². The molecular weight excluding hydrogens is 284 g/mol. The number of likely N-dealkylation sites (N-methyl/N-ethyl adjacent to an activating group) is 1. The van der Waals surface area contributed by atoms with E-state index in [0.29, 0.717) is 0 Å². The van der Waals surface area contributed by atoms with Crippen LogP contribution in [0, 0.1) is 11.6 Å². The minimum atomic E-state index is -0.993. The monoisotopic (exact) mass is 301 g/mol. The summed E-state index contributed by atoms with van der Waals surface area (Å²) in [6.45, 7) is 0.267. The molecular formula is C14H17F2NO4. The molecule has 0 bridgehead atoms. The van der Waals surface area contributed by atoms with Crippen molar-refractivity contribution in [3.05, 3.63) is 35.4 Å². The van der Waals surface area contributed by atoms with Crippen LogP contribution in [0.1, 0.15) is 10.4 Å². The topological polar surface area (TPSA) is 59.0 Å². The van der Waals surface area contributed by atoms with Crippen molar-refractivity contribution in [2.24, 2.45) is 0 Å². The van der Waals surface area contributed by atoms with Gasteiger partial charge in [-0.1, -0.05) is 6.07 Å². The van der Waals surface area contributed by atoms with E-state index in [1.807, 2.05) is 0 Å². The Morgan fingerprint density at radius 2 is 2.00 bits per heavy atom. The number of nitrogens with zero attached hydrogens (tertiary/aromatic N) is 1. The highest BCUT2D eigenvalue weighted by molar-refractivity contribution is 5.94. The van der Waals surface area contributed by atoms with Gasteiger partial charge >= 0.3 is 0 Å². The minimum Gasteiger partial charge on any atom is -0.388 e. The standard InChI is InChI=1S/C14H17F2NO4/c1-17(10-6-21-7-11(20-2)13(10)18)14(19)12-8(15)4-3-5-9(12)16/h3-5,10-11,13,18H,6-7H2,1-2H3/t10-,11-,13+/m1/s1. The van der Waals surface area contributed by atoms with Crippen molar-refractivity contribution in [3.63, 3.8) is 0 Å². The SMILES string of the molecule is CO[C@@H]1COC[C@@H](N(C)C(=O)c2c(F)cccc2F)[C@@H]1O. The lowest BCUT2D eigenvalue weighted by atomic mass is 10.0. The molecule has 0 aliphatic carbocycles. The third kappa shape index (κ3) is 3.04. The molecule has 0 radical (unpaired) electrons. The second-order valence-electron chi connectivity index (χ2n) is 4.88. The van der Waals surface area contributed by atoms with Gasteiger partial charge in [0.25, 0.3) is 5.91 Å². The van der Waals surface area contributed by atoms with Crippen molar-refractivity contribution in [2.75, 3.05) is 27.4 Å². The van der Waals surface area contributed by atoms with Gasteiger partial charge in [-0.2, -0.15) is 0 Å². The van der Waals surface area contributed by atoms with E-state index in [1.165, 1.54) is 20.2 Å². The third-order valence-electron chi connectivity index (χ3n) is 3.64. The van der Waals surface area contributed by atoms with Crippen LogP contribution < -0.4 is 0 Å². The average Bonchev–Trinajstić information content (AvgIpc) is 2.46. The van der Waals surface area contributed by atoms with Crippen LogP contribution in [0.3, 0.4) is 0 Å². The van der Waals surface area contributed by atoms with Crippen LogP contribution in [0.4, 0.5) is 8.78 Å². The molecule has 5 nitrogen and oxygen atoms in total. The fourth-order valence-electron chi connectivity index (χ4n) is 2.33. The summed E-state index contributed by atoms with van der Waals surface area (Å²) in [6.07, 6.45) is -1.59. The number of aliphatic hydroxyl groups is 1. The number of carbonyl (C=O) groups is 1. The maximum Gasteiger partial charge on any atom is 0.259 e. The number of methoxy groups -OCH3 is 1. The normalized spacial score (nSPS) is 25.7. The summed E-state index contributed by atoms with van der Waals surface area (Å²) in [5.41, 5.74) is -0.647. The van der Waals surface area contributed by atoms with Crippen molar-refractivity contribution < 1.29 is 28.2 Å². The van der Waals surface area contributed by atoms with Gasteiger partial charge in [-0.05, 0) is 12.1 Å². The molecule has 0 saturated carbocycles. The van der Waals surface area contributed by atoms with Gasteiger partial charge in [-0.25, -0.2) is 8.78 Å². The summed E-state index contributed by atoms with van der Waals surface area (Å²) in [7, 11) is 2.78. The lowest BCUT2D eigenvalue weighted by molar-refractivity contribution is -0.135. The lowest BCUT2D eigenvalue weighted by Gasteiger charge is -2.38. The number of amides is 1. The Morgan fingerprint density at radius 1 is 1.38 bits per heavy atom. The molecule has 1 aliphatic heterocycles. The number of carbonyl (C=O) groups excluding carboxylic acids is 1. The molecule has 1 saturated heterocycles. The van der Waals surface area contributed by atoms with Gasteiger partial charge in [0.1, 0.15) is 29.4 Å². The van der Waals surface area contributed by atoms with Gasteiger partial charge in [0.05, 0.1) is 19.3 Å². The van der Waals surface area contributed by atoms with E-state index < -0.39 is 41.4 Å². The first-order valence-electron chi connectivity index (χ1n) is 6.47. The third-order valence-corrected chi connectivity index (χ3v) is 3.64. The molecule has 1 fully saturated rings. The molecule has 116 valence electrons. The molecule has 0 spiro atoms. The van der Waals surface area contributed by atoms with Gasteiger partial charge in [0.2, 0.25) is 0 Å². The number of hydrogen-bond acceptors (Lipinski definition) is 4. The van der Waals surface area contributed by atoms with Gasteiger partial charge < -0.3 is 19.5 Å². The number of aliphatic hydroxyl groups excluding tert-OH is 1. The molecule has 3 atom stereocenters. The van der Waals surface area contributed by atoms with Crippen LogP contribution in [0.25, 0.3) is 0 Å². The largest absolute Gasteiger partial charge is 0.388 e. The lowest BCUT2D eigenvalue weighted by Crippen LogP contribution is -2.57. The first kappa shape index (κ1) is 15.8. The number of rotatable bonds is 3. The van der Waals surface area contributed by atoms with Crippen LogP contribution in [-0.2, 0) is 9.47 Å². The van der Waals surface area contributed by atoms with Crippen molar-refractivity contribution in [1.82, 2.24) is 4.90 Å². The summed E-state index contributed by atoms with van der Waals surface area (Å²) in [6, 6.07) is 2.46. The number of halogens is 2. The number of ether oxygens (including phenoxy) is 2. The molecule has 1 amide bonds. The highest BCUT2D eigenvalue weighted by atomic mass is 19.1. The zero-order valence-electron chi connectivity index (χ0n) is 11.8. The van der Waals surface area contributed by atoms with E-state index in [9.17, 15) is 18.7 Å². The zero-order valence-corrected chi connectivity index (χ0v) is 11.8. The first-order chi connectivity index (χ1) is 9.97. The Hall–Kier alpha value is -1.57. The van der Waals surface area contributed by atoms with E-state index in [1.54, 1.807) is 0 Å². The highest BCUT2D eigenvalue weighted by Crippen LogP contribution is 2.20. The van der Waals surface area contributed by atoms with Gasteiger partial charge in [0.15, 0.2) is 0 Å². The minimum absolute atomic E-state index is 0.0688. The smallest absolute Gasteiger partial charge is 0.259 e. The second kappa shape index (κ2) is 6.46. The van der Waals surface area contributed by atoms with E-state index in [-0.39, 0.29) is 13.2 Å². The molecule has 21 heavy (non-hydrogen) atoms. The molecule has 1 aromatic rings.